The fourth-order valence-electron chi connectivity index (χ4n) is 11.1. The smallest absolute Gasteiger partial charge is 0.136 e. The van der Waals surface area contributed by atoms with Crippen molar-refractivity contribution in [1.82, 2.24) is 9.55 Å². The van der Waals surface area contributed by atoms with Crippen molar-refractivity contribution < 1.29 is 25.8 Å². The number of hydrogen-bond acceptors (Lipinski definition) is 4. The van der Waals surface area contributed by atoms with Gasteiger partial charge in [0.25, 0.3) is 0 Å². The van der Waals surface area contributed by atoms with Gasteiger partial charge in [-0.15, -0.1) is 53.8 Å². The molecule has 1 aliphatic rings. The van der Waals surface area contributed by atoms with Crippen LogP contribution in [0.2, 0.25) is 0 Å². The van der Waals surface area contributed by atoms with Crippen LogP contribution >= 0.6 is 0 Å². The van der Waals surface area contributed by atoms with Gasteiger partial charge in [-0.25, -0.2) is 4.98 Å². The van der Waals surface area contributed by atoms with Crippen LogP contribution in [-0.4, -0.2) is 9.55 Å². The van der Waals surface area contributed by atoms with Gasteiger partial charge in [-0.05, 0) is 121 Å². The van der Waals surface area contributed by atoms with Crippen molar-refractivity contribution in [2.75, 3.05) is 9.80 Å². The van der Waals surface area contributed by atoms with E-state index in [-0.39, 0.29) is 26.5 Å². The second-order valence-corrected chi connectivity index (χ2v) is 22.4. The maximum Gasteiger partial charge on any atom is 0.136 e. The summed E-state index contributed by atoms with van der Waals surface area (Å²) in [6.07, 6.45) is 6.17. The molecule has 0 radical (unpaired) electrons. The van der Waals surface area contributed by atoms with Gasteiger partial charge < -0.3 is 19.1 Å². The van der Waals surface area contributed by atoms with Crippen LogP contribution in [0.3, 0.4) is 0 Å². The number of benzene rings is 8. The van der Waals surface area contributed by atoms with E-state index in [1.165, 1.54) is 38.9 Å². The number of anilines is 2. The molecule has 5 nitrogen and oxygen atoms in total. The van der Waals surface area contributed by atoms with E-state index in [1.54, 1.807) is 0 Å². The summed E-state index contributed by atoms with van der Waals surface area (Å²) in [7, 11) is 0. The number of ether oxygens (including phenoxy) is 1. The Hall–Kier alpha value is -7.46. The number of nitrogens with zero attached hydrogens (tertiary/aromatic N) is 4. The van der Waals surface area contributed by atoms with Gasteiger partial charge in [0.1, 0.15) is 5.82 Å². The quantitative estimate of drug-likeness (QED) is 0.102. The molecule has 3 heterocycles. The van der Waals surface area contributed by atoms with E-state index in [9.17, 15) is 0 Å². The summed E-state index contributed by atoms with van der Waals surface area (Å²) in [5.74, 6) is 3.09. The van der Waals surface area contributed by atoms with E-state index in [0.717, 1.165) is 61.3 Å². The molecule has 2 aromatic heterocycles. The van der Waals surface area contributed by atoms with Crippen LogP contribution in [0, 0.1) is 18.8 Å². The van der Waals surface area contributed by atoms with E-state index in [1.807, 2.05) is 6.20 Å². The number of pyridine rings is 1. The standard InChI is InChI=1S/C71H67N4O.Pt/c1-47(2)52-39-62(48(3)4)68(63(40-52)49(5)6)51-33-34-72-67(41-51)75-65-32-21-20-31-61(65)69-64(71(9,10)55-27-18-13-19-28-55)44-60(45-66(69)75)76-59-38-53(50-23-14-11-15-24-50)37-58(43-59)74-36-35-73(46-74)57-30-22-29-56(42-57)70(7,8)54-25-16-12-17-26-54;/h11-42,44,46-49H,1-10H3;/q-3;. The van der Waals surface area contributed by atoms with Gasteiger partial charge in [-0.3, -0.25) is 0 Å². The molecule has 10 aromatic rings. The van der Waals surface area contributed by atoms with Crippen molar-refractivity contribution in [3.63, 3.8) is 0 Å². The molecule has 0 spiro atoms. The minimum Gasteiger partial charge on any atom is -0.509 e. The van der Waals surface area contributed by atoms with Crippen molar-refractivity contribution in [3.8, 4) is 39.6 Å². The molecule has 390 valence electrons. The zero-order valence-electron chi connectivity index (χ0n) is 45.9. The molecule has 0 atom stereocenters. The summed E-state index contributed by atoms with van der Waals surface area (Å²) >= 11 is 0. The zero-order chi connectivity index (χ0) is 52.9. The first kappa shape index (κ1) is 53.0. The van der Waals surface area contributed by atoms with Gasteiger partial charge in [-0.2, -0.15) is 0 Å². The molecule has 0 fully saturated rings. The summed E-state index contributed by atoms with van der Waals surface area (Å²) < 4.78 is 9.49. The van der Waals surface area contributed by atoms with Crippen LogP contribution in [0.25, 0.3) is 49.9 Å². The first-order chi connectivity index (χ1) is 36.6. The first-order valence-electron chi connectivity index (χ1n) is 26.9. The Kier molecular flexibility index (Phi) is 14.8. The number of hydrogen-bond donors (Lipinski definition) is 0. The number of aromatic nitrogens is 2. The first-order valence-corrected chi connectivity index (χ1v) is 26.9. The maximum atomic E-state index is 7.20. The molecule has 0 saturated heterocycles. The predicted octanol–water partition coefficient (Wildman–Crippen LogP) is 18.8. The zero-order valence-corrected chi connectivity index (χ0v) is 48.1. The van der Waals surface area contributed by atoms with E-state index in [0.29, 0.717) is 29.3 Å². The summed E-state index contributed by atoms with van der Waals surface area (Å²) in [6.45, 7) is 25.1. The topological polar surface area (TPSA) is 33.5 Å². The van der Waals surface area contributed by atoms with Crippen LogP contribution in [0.15, 0.2) is 201 Å². The third-order valence-electron chi connectivity index (χ3n) is 15.7. The minimum atomic E-state index is -0.444. The average molecular weight is 1190 g/mol. The Labute approximate surface area is 471 Å². The summed E-state index contributed by atoms with van der Waals surface area (Å²) in [5.41, 5.74) is 16.8. The average Bonchev–Trinajstić information content (AvgIpc) is 4.15. The fraction of sp³-hybridized carbons (Fsp3) is 0.211. The minimum absolute atomic E-state index is 0. The third kappa shape index (κ3) is 10.2. The molecule has 6 heteroatoms. The van der Waals surface area contributed by atoms with Crippen LogP contribution < -0.4 is 14.5 Å². The second kappa shape index (κ2) is 21.5. The Morgan fingerprint density at radius 1 is 0.519 bits per heavy atom. The van der Waals surface area contributed by atoms with Crippen molar-refractivity contribution in [1.29, 1.82) is 0 Å². The van der Waals surface area contributed by atoms with Gasteiger partial charge >= 0.3 is 0 Å². The van der Waals surface area contributed by atoms with Crippen LogP contribution in [0.5, 0.6) is 11.5 Å². The molecule has 0 unspecified atom stereocenters. The van der Waals surface area contributed by atoms with Gasteiger partial charge in [0.05, 0.1) is 0 Å². The van der Waals surface area contributed by atoms with E-state index < -0.39 is 5.41 Å². The Bertz CT molecular complexity index is 3730. The summed E-state index contributed by atoms with van der Waals surface area (Å²) in [4.78, 5) is 9.49. The third-order valence-corrected chi connectivity index (χ3v) is 15.7. The molecule has 1 aliphatic heterocycles. The predicted molar refractivity (Wildman–Crippen MR) is 318 cm³/mol. The van der Waals surface area contributed by atoms with Gasteiger partial charge in [0, 0.05) is 55.4 Å². The molecule has 77 heavy (non-hydrogen) atoms. The molecule has 0 saturated carbocycles. The van der Waals surface area contributed by atoms with E-state index in [2.05, 4.69) is 297 Å². The van der Waals surface area contributed by atoms with E-state index in [4.69, 9.17) is 9.72 Å². The Morgan fingerprint density at radius 3 is 1.78 bits per heavy atom. The molecular weight excluding hydrogens is 1120 g/mol. The number of para-hydroxylation sites is 1. The Morgan fingerprint density at radius 2 is 1.12 bits per heavy atom. The normalized spacial score (nSPS) is 12.9. The van der Waals surface area contributed by atoms with Crippen molar-refractivity contribution >= 4 is 33.2 Å². The molecule has 8 aromatic carbocycles. The summed E-state index contributed by atoms with van der Waals surface area (Å²) in [6, 6.07) is 72.9. The van der Waals surface area contributed by atoms with Gasteiger partial charge in [-0.1, -0.05) is 214 Å². The van der Waals surface area contributed by atoms with Crippen LogP contribution in [0.1, 0.15) is 126 Å². The number of fused-ring (bicyclic) bond motifs is 3. The van der Waals surface area contributed by atoms with Crippen LogP contribution in [-0.2, 0) is 31.9 Å². The Balaban J connectivity index is 0.00000672. The van der Waals surface area contributed by atoms with Gasteiger partial charge in [0.2, 0.25) is 0 Å². The molecule has 0 bridgehead atoms. The van der Waals surface area contributed by atoms with E-state index >= 15 is 0 Å². The fourth-order valence-corrected chi connectivity index (χ4v) is 11.1. The summed E-state index contributed by atoms with van der Waals surface area (Å²) in [5, 5.41) is 2.25. The van der Waals surface area contributed by atoms with Gasteiger partial charge in [0.15, 0.2) is 0 Å². The molecule has 0 N–H and O–H groups in total. The van der Waals surface area contributed by atoms with Crippen molar-refractivity contribution in [3.05, 3.63) is 258 Å². The monoisotopic (exact) mass is 1190 g/mol. The molecule has 0 aliphatic carbocycles. The van der Waals surface area contributed by atoms with Crippen molar-refractivity contribution in [2.45, 2.75) is 97.8 Å². The SMILES string of the molecule is CC(C)c1cc(C(C)C)c(-c2ccnc(-n3c4[c-]c(Oc5[c-]c(N6C=CN(c7cccc(C(C)(C)c8ccccc8)c7)[CH-]6)cc(-c6ccccc6)c5)cc(C(C)(C)c5ccccc5)c4c4ccccc43)c2)c(C(C)C)c1.[Pt]. The maximum absolute atomic E-state index is 7.20. The number of rotatable bonds is 14. The second-order valence-electron chi connectivity index (χ2n) is 22.4. The van der Waals surface area contributed by atoms with Crippen molar-refractivity contribution in [2.24, 2.45) is 0 Å². The molecular formula is C71H67N4OPt-3. The molecule has 0 amide bonds. The largest absolute Gasteiger partial charge is 0.509 e. The molecule has 11 rings (SSSR count). The van der Waals surface area contributed by atoms with Crippen LogP contribution in [0.4, 0.5) is 11.4 Å².